The number of piperidine rings is 1. The molecule has 0 aromatic rings. The number of β-amino-alcohol motifs (C(OH)–C–C–N with tert-alkyl or cyclic N) is 1. The Morgan fingerprint density at radius 3 is 2.75 bits per heavy atom. The van der Waals surface area contributed by atoms with Gasteiger partial charge in [-0.05, 0) is 25.2 Å². The monoisotopic (exact) mass is 226 g/mol. The summed E-state index contributed by atoms with van der Waals surface area (Å²) in [6.45, 7) is 6.04. The first kappa shape index (κ1) is 11.9. The molecule has 4 nitrogen and oxygen atoms in total. The Morgan fingerprint density at radius 2 is 2.12 bits per heavy atom. The third kappa shape index (κ3) is 2.95. The Morgan fingerprint density at radius 1 is 1.31 bits per heavy atom. The average Bonchev–Trinajstić information content (AvgIpc) is 2.64. The number of likely N-dealkylation sites (tertiary alicyclic amines) is 2. The molecule has 0 radical (unpaired) electrons. The molecule has 1 N–H and O–H groups in total. The highest BCUT2D eigenvalue weighted by Gasteiger charge is 2.26. The van der Waals surface area contributed by atoms with E-state index < -0.39 is 0 Å². The van der Waals surface area contributed by atoms with E-state index in [-0.39, 0.29) is 12.0 Å². The van der Waals surface area contributed by atoms with Crippen molar-refractivity contribution in [3.63, 3.8) is 0 Å². The van der Waals surface area contributed by atoms with Gasteiger partial charge in [-0.2, -0.15) is 0 Å². The summed E-state index contributed by atoms with van der Waals surface area (Å²) in [7, 11) is 0. The zero-order valence-corrected chi connectivity index (χ0v) is 10.1. The van der Waals surface area contributed by atoms with Crippen molar-refractivity contribution in [2.45, 2.75) is 32.3 Å². The van der Waals surface area contributed by atoms with Crippen LogP contribution in [0.15, 0.2) is 0 Å². The molecule has 0 spiro atoms. The summed E-state index contributed by atoms with van der Waals surface area (Å²) in [4.78, 5) is 16.1. The van der Waals surface area contributed by atoms with Crippen molar-refractivity contribution in [1.29, 1.82) is 0 Å². The zero-order valence-electron chi connectivity index (χ0n) is 10.1. The Labute approximate surface area is 97.2 Å². The zero-order chi connectivity index (χ0) is 11.5. The molecule has 2 heterocycles. The van der Waals surface area contributed by atoms with Crippen molar-refractivity contribution >= 4 is 5.91 Å². The Bertz CT molecular complexity index is 257. The fourth-order valence-electron chi connectivity index (χ4n) is 2.66. The minimum atomic E-state index is -0.229. The maximum Gasteiger partial charge on any atom is 0.236 e. The number of rotatable bonds is 2. The molecule has 2 aliphatic heterocycles. The second kappa shape index (κ2) is 5.15. The molecule has 92 valence electrons. The maximum absolute atomic E-state index is 12.0. The molecule has 16 heavy (non-hydrogen) atoms. The van der Waals surface area contributed by atoms with Gasteiger partial charge in [0.2, 0.25) is 5.91 Å². The Balaban J connectivity index is 1.78. The van der Waals surface area contributed by atoms with Gasteiger partial charge >= 0.3 is 0 Å². The number of carbonyl (C=O) groups is 1. The standard InChI is InChI=1S/C12H22N2O2/c1-10-3-2-5-14(7-10)12(16)9-13-6-4-11(15)8-13/h10-11,15H,2-9H2,1H3/t10-,11+/m1/s1. The van der Waals surface area contributed by atoms with Gasteiger partial charge in [-0.3, -0.25) is 9.69 Å². The first-order chi connectivity index (χ1) is 7.65. The van der Waals surface area contributed by atoms with Gasteiger partial charge in [0, 0.05) is 26.2 Å². The predicted octanol–water partition coefficient (Wildman–Crippen LogP) is 0.311. The number of amides is 1. The smallest absolute Gasteiger partial charge is 0.236 e. The molecule has 0 bridgehead atoms. The van der Waals surface area contributed by atoms with Crippen LogP contribution in [0.1, 0.15) is 26.2 Å². The summed E-state index contributed by atoms with van der Waals surface area (Å²) >= 11 is 0. The van der Waals surface area contributed by atoms with Gasteiger partial charge in [-0.25, -0.2) is 0 Å². The summed E-state index contributed by atoms with van der Waals surface area (Å²) in [6.07, 6.45) is 2.96. The number of hydrogen-bond acceptors (Lipinski definition) is 3. The van der Waals surface area contributed by atoms with Crippen LogP contribution in [0.3, 0.4) is 0 Å². The van der Waals surface area contributed by atoms with Crippen molar-refractivity contribution in [1.82, 2.24) is 9.80 Å². The van der Waals surface area contributed by atoms with E-state index in [0.29, 0.717) is 19.0 Å². The van der Waals surface area contributed by atoms with Gasteiger partial charge in [0.1, 0.15) is 0 Å². The molecule has 2 saturated heterocycles. The Hall–Kier alpha value is -0.610. The third-order valence-electron chi connectivity index (χ3n) is 3.62. The predicted molar refractivity (Wildman–Crippen MR) is 62.0 cm³/mol. The van der Waals surface area contributed by atoms with E-state index >= 15 is 0 Å². The fraction of sp³-hybridized carbons (Fsp3) is 0.917. The molecular weight excluding hydrogens is 204 g/mol. The largest absolute Gasteiger partial charge is 0.392 e. The van der Waals surface area contributed by atoms with E-state index in [1.54, 1.807) is 0 Å². The van der Waals surface area contributed by atoms with Crippen LogP contribution in [0, 0.1) is 5.92 Å². The maximum atomic E-state index is 12.0. The molecule has 0 aliphatic carbocycles. The summed E-state index contributed by atoms with van der Waals surface area (Å²) in [6, 6.07) is 0. The van der Waals surface area contributed by atoms with Gasteiger partial charge in [0.25, 0.3) is 0 Å². The first-order valence-corrected chi connectivity index (χ1v) is 6.33. The van der Waals surface area contributed by atoms with Crippen LogP contribution in [0.5, 0.6) is 0 Å². The highest BCUT2D eigenvalue weighted by molar-refractivity contribution is 5.78. The second-order valence-electron chi connectivity index (χ2n) is 5.26. The highest BCUT2D eigenvalue weighted by Crippen LogP contribution is 2.16. The molecule has 2 atom stereocenters. The molecule has 4 heteroatoms. The van der Waals surface area contributed by atoms with Crippen molar-refractivity contribution in [2.24, 2.45) is 5.92 Å². The van der Waals surface area contributed by atoms with Crippen LogP contribution in [0.4, 0.5) is 0 Å². The molecule has 2 fully saturated rings. The number of hydrogen-bond donors (Lipinski definition) is 1. The summed E-state index contributed by atoms with van der Waals surface area (Å²) < 4.78 is 0. The molecule has 1 amide bonds. The van der Waals surface area contributed by atoms with Crippen molar-refractivity contribution < 1.29 is 9.90 Å². The van der Waals surface area contributed by atoms with Gasteiger partial charge < -0.3 is 10.0 Å². The van der Waals surface area contributed by atoms with E-state index in [1.165, 1.54) is 6.42 Å². The SMILES string of the molecule is C[C@@H]1CCCN(C(=O)CN2CC[C@H](O)C2)C1. The van der Waals surface area contributed by atoms with Crippen molar-refractivity contribution in [2.75, 3.05) is 32.7 Å². The van der Waals surface area contributed by atoms with Crippen LogP contribution < -0.4 is 0 Å². The topological polar surface area (TPSA) is 43.8 Å². The van der Waals surface area contributed by atoms with E-state index in [9.17, 15) is 9.90 Å². The molecular formula is C12H22N2O2. The lowest BCUT2D eigenvalue weighted by Crippen LogP contribution is -2.44. The quantitative estimate of drug-likeness (QED) is 0.737. The van der Waals surface area contributed by atoms with Gasteiger partial charge in [-0.15, -0.1) is 0 Å². The van der Waals surface area contributed by atoms with Crippen molar-refractivity contribution in [3.8, 4) is 0 Å². The van der Waals surface area contributed by atoms with Crippen LogP contribution in [-0.2, 0) is 4.79 Å². The van der Waals surface area contributed by atoms with Gasteiger partial charge in [0.15, 0.2) is 0 Å². The molecule has 0 saturated carbocycles. The second-order valence-corrected chi connectivity index (χ2v) is 5.26. The number of carbonyl (C=O) groups excluding carboxylic acids is 1. The molecule has 2 rings (SSSR count). The first-order valence-electron chi connectivity index (χ1n) is 6.33. The summed E-state index contributed by atoms with van der Waals surface area (Å²) in [5.41, 5.74) is 0. The van der Waals surface area contributed by atoms with E-state index in [2.05, 4.69) is 11.8 Å². The van der Waals surface area contributed by atoms with E-state index in [4.69, 9.17) is 0 Å². The lowest BCUT2D eigenvalue weighted by Gasteiger charge is -2.32. The minimum Gasteiger partial charge on any atom is -0.392 e. The van der Waals surface area contributed by atoms with Crippen LogP contribution in [0.25, 0.3) is 0 Å². The highest BCUT2D eigenvalue weighted by atomic mass is 16.3. The van der Waals surface area contributed by atoms with Crippen molar-refractivity contribution in [3.05, 3.63) is 0 Å². The number of aliphatic hydroxyl groups is 1. The lowest BCUT2D eigenvalue weighted by molar-refractivity contribution is -0.133. The van der Waals surface area contributed by atoms with Crippen LogP contribution >= 0.6 is 0 Å². The van der Waals surface area contributed by atoms with Crippen LogP contribution in [0.2, 0.25) is 0 Å². The van der Waals surface area contributed by atoms with Crippen LogP contribution in [-0.4, -0.2) is 59.6 Å². The Kier molecular flexibility index (Phi) is 3.82. The molecule has 0 aromatic carbocycles. The average molecular weight is 226 g/mol. The van der Waals surface area contributed by atoms with E-state index in [1.807, 2.05) is 4.90 Å². The normalized spacial score (nSPS) is 32.0. The minimum absolute atomic E-state index is 0.229. The fourth-order valence-corrected chi connectivity index (χ4v) is 2.66. The summed E-state index contributed by atoms with van der Waals surface area (Å²) in [5.74, 6) is 0.877. The molecule has 0 unspecified atom stereocenters. The molecule has 2 aliphatic rings. The van der Waals surface area contributed by atoms with Gasteiger partial charge in [-0.1, -0.05) is 6.92 Å². The number of aliphatic hydroxyl groups excluding tert-OH is 1. The van der Waals surface area contributed by atoms with E-state index in [0.717, 1.165) is 32.5 Å². The summed E-state index contributed by atoms with van der Waals surface area (Å²) in [5, 5.41) is 9.40. The third-order valence-corrected chi connectivity index (χ3v) is 3.62. The number of nitrogens with zero attached hydrogens (tertiary/aromatic N) is 2. The lowest BCUT2D eigenvalue weighted by atomic mass is 10.0. The van der Waals surface area contributed by atoms with Gasteiger partial charge in [0.05, 0.1) is 12.6 Å². The molecule has 0 aromatic heterocycles.